The van der Waals surface area contributed by atoms with Crippen LogP contribution >= 0.6 is 15.9 Å². The molecule has 0 aliphatic heterocycles. The molecule has 14 heavy (non-hydrogen) atoms. The maximum Gasteiger partial charge on any atom is 0.264 e. The van der Waals surface area contributed by atoms with Gasteiger partial charge in [-0.25, -0.2) is 0 Å². The normalized spacial score (nSPS) is 10.9. The average molecular weight is 259 g/mol. The van der Waals surface area contributed by atoms with E-state index in [-0.39, 0.29) is 5.56 Å². The van der Waals surface area contributed by atoms with Crippen molar-refractivity contribution < 1.29 is 0 Å². The fourth-order valence-electron chi connectivity index (χ4n) is 1.21. The molecule has 78 valence electrons. The number of halogens is 1. The van der Waals surface area contributed by atoms with Gasteiger partial charge in [0.05, 0.1) is 4.47 Å². The topological polar surface area (TPSA) is 25.2 Å². The maximum atomic E-state index is 11.6. The van der Waals surface area contributed by atoms with Crippen molar-refractivity contribution in [1.29, 1.82) is 0 Å². The van der Waals surface area contributed by atoms with E-state index in [1.807, 2.05) is 33.3 Å². The van der Waals surface area contributed by atoms with Crippen LogP contribution < -0.4 is 5.56 Å². The third kappa shape index (κ3) is 2.96. The summed E-state index contributed by atoms with van der Waals surface area (Å²) in [4.78, 5) is 13.7. The van der Waals surface area contributed by atoms with Gasteiger partial charge in [0.2, 0.25) is 0 Å². The molecule has 4 heteroatoms. The Labute approximate surface area is 92.5 Å². The molecule has 0 aliphatic carbocycles. The van der Waals surface area contributed by atoms with Crippen molar-refractivity contribution in [2.24, 2.45) is 0 Å². The fraction of sp³-hybridized carbons (Fsp3) is 0.500. The number of nitrogens with zero attached hydrogens (tertiary/aromatic N) is 2. The molecule has 0 radical (unpaired) electrons. The van der Waals surface area contributed by atoms with Gasteiger partial charge in [-0.15, -0.1) is 0 Å². The van der Waals surface area contributed by atoms with E-state index in [0.717, 1.165) is 18.7 Å². The van der Waals surface area contributed by atoms with Gasteiger partial charge in [0.25, 0.3) is 5.56 Å². The highest BCUT2D eigenvalue weighted by atomic mass is 79.9. The van der Waals surface area contributed by atoms with Crippen LogP contribution in [-0.2, 0) is 6.54 Å². The quantitative estimate of drug-likeness (QED) is 0.821. The second kappa shape index (κ2) is 4.75. The van der Waals surface area contributed by atoms with Crippen molar-refractivity contribution in [2.75, 3.05) is 20.6 Å². The van der Waals surface area contributed by atoms with Gasteiger partial charge >= 0.3 is 0 Å². The number of pyridine rings is 1. The minimum absolute atomic E-state index is 0.0393. The summed E-state index contributed by atoms with van der Waals surface area (Å²) in [7, 11) is 3.99. The molecule has 1 aromatic heterocycles. The summed E-state index contributed by atoms with van der Waals surface area (Å²) in [6, 6.07) is 1.84. The summed E-state index contributed by atoms with van der Waals surface area (Å²) in [5.74, 6) is 0. The molecule has 0 unspecified atom stereocenters. The number of hydrogen-bond donors (Lipinski definition) is 0. The lowest BCUT2D eigenvalue weighted by Gasteiger charge is -2.12. The molecule has 0 bridgehead atoms. The second-order valence-corrected chi connectivity index (χ2v) is 4.52. The Bertz CT molecular complexity index is 371. The molecule has 0 spiro atoms. The van der Waals surface area contributed by atoms with Crippen molar-refractivity contribution in [3.05, 3.63) is 32.7 Å². The van der Waals surface area contributed by atoms with Gasteiger partial charge < -0.3 is 9.47 Å². The van der Waals surface area contributed by atoms with Crippen molar-refractivity contribution in [3.8, 4) is 0 Å². The maximum absolute atomic E-state index is 11.6. The predicted molar refractivity (Wildman–Crippen MR) is 61.7 cm³/mol. The van der Waals surface area contributed by atoms with Crippen molar-refractivity contribution in [1.82, 2.24) is 9.47 Å². The molecule has 3 nitrogen and oxygen atoms in total. The van der Waals surface area contributed by atoms with Crippen molar-refractivity contribution in [2.45, 2.75) is 13.5 Å². The monoisotopic (exact) mass is 258 g/mol. The van der Waals surface area contributed by atoms with E-state index in [0.29, 0.717) is 4.47 Å². The Morgan fingerprint density at radius 2 is 2.14 bits per heavy atom. The molecular formula is C10H15BrN2O. The highest BCUT2D eigenvalue weighted by Gasteiger charge is 2.02. The average Bonchev–Trinajstić information content (AvgIpc) is 2.08. The zero-order valence-corrected chi connectivity index (χ0v) is 10.3. The van der Waals surface area contributed by atoms with Crippen LogP contribution in [0.25, 0.3) is 0 Å². The lowest BCUT2D eigenvalue weighted by molar-refractivity contribution is 0.380. The summed E-state index contributed by atoms with van der Waals surface area (Å²) >= 11 is 3.26. The van der Waals surface area contributed by atoms with E-state index in [1.54, 1.807) is 4.57 Å². The van der Waals surface area contributed by atoms with Crippen LogP contribution in [0.4, 0.5) is 0 Å². The van der Waals surface area contributed by atoms with Gasteiger partial charge in [0.1, 0.15) is 0 Å². The molecule has 1 rings (SSSR count). The minimum atomic E-state index is 0.0393. The number of likely N-dealkylation sites (N-methyl/N-ethyl adjacent to an activating group) is 1. The standard InChI is InChI=1S/C10H15BrN2O/c1-8-6-9(11)10(14)13(7-8)5-4-12(2)3/h6-7H,4-5H2,1-3H3. The number of hydrogen-bond acceptors (Lipinski definition) is 2. The Morgan fingerprint density at radius 3 is 2.71 bits per heavy atom. The van der Waals surface area contributed by atoms with Gasteiger partial charge in [-0.05, 0) is 48.6 Å². The van der Waals surface area contributed by atoms with Crippen molar-refractivity contribution >= 4 is 15.9 Å². The van der Waals surface area contributed by atoms with Crippen molar-refractivity contribution in [3.63, 3.8) is 0 Å². The van der Waals surface area contributed by atoms with Gasteiger partial charge in [-0.2, -0.15) is 0 Å². The Kier molecular flexibility index (Phi) is 3.89. The molecule has 0 amide bonds. The molecular weight excluding hydrogens is 244 g/mol. The number of rotatable bonds is 3. The highest BCUT2D eigenvalue weighted by molar-refractivity contribution is 9.10. The van der Waals surface area contributed by atoms with Gasteiger partial charge in [-0.3, -0.25) is 4.79 Å². The van der Waals surface area contributed by atoms with Crippen LogP contribution in [0.1, 0.15) is 5.56 Å². The molecule has 0 fully saturated rings. The smallest absolute Gasteiger partial charge is 0.264 e. The van der Waals surface area contributed by atoms with Crippen LogP contribution in [0.15, 0.2) is 21.5 Å². The molecule has 0 atom stereocenters. The van der Waals surface area contributed by atoms with Gasteiger partial charge in [-0.1, -0.05) is 0 Å². The Balaban J connectivity index is 2.91. The summed E-state index contributed by atoms with van der Waals surface area (Å²) < 4.78 is 2.37. The Morgan fingerprint density at radius 1 is 1.50 bits per heavy atom. The summed E-state index contributed by atoms with van der Waals surface area (Å²) in [5, 5.41) is 0. The summed E-state index contributed by atoms with van der Waals surface area (Å²) in [6.07, 6.45) is 1.89. The van der Waals surface area contributed by atoms with Crippen LogP contribution in [0.2, 0.25) is 0 Å². The molecule has 0 saturated heterocycles. The van der Waals surface area contributed by atoms with E-state index in [9.17, 15) is 4.79 Å². The molecule has 0 aromatic carbocycles. The molecule has 0 N–H and O–H groups in total. The Hall–Kier alpha value is -0.610. The van der Waals surface area contributed by atoms with Crippen LogP contribution in [0, 0.1) is 6.92 Å². The first-order valence-corrected chi connectivity index (χ1v) is 5.31. The largest absolute Gasteiger partial charge is 0.313 e. The highest BCUT2D eigenvalue weighted by Crippen LogP contribution is 2.05. The molecule has 0 aliphatic rings. The first-order valence-electron chi connectivity index (χ1n) is 4.52. The SMILES string of the molecule is Cc1cc(Br)c(=O)n(CCN(C)C)c1. The van der Waals surface area contributed by atoms with E-state index in [1.165, 1.54) is 0 Å². The zero-order valence-electron chi connectivity index (χ0n) is 8.75. The fourth-order valence-corrected chi connectivity index (χ4v) is 1.80. The van der Waals surface area contributed by atoms with Crippen LogP contribution in [-0.4, -0.2) is 30.1 Å². The van der Waals surface area contributed by atoms with E-state index >= 15 is 0 Å². The number of aryl methyl sites for hydroxylation is 1. The summed E-state index contributed by atoms with van der Waals surface area (Å²) in [6.45, 7) is 3.58. The second-order valence-electron chi connectivity index (χ2n) is 3.67. The minimum Gasteiger partial charge on any atom is -0.313 e. The third-order valence-electron chi connectivity index (χ3n) is 1.97. The van der Waals surface area contributed by atoms with Crippen LogP contribution in [0.3, 0.4) is 0 Å². The summed E-state index contributed by atoms with van der Waals surface area (Å²) in [5.41, 5.74) is 1.13. The molecule has 1 aromatic rings. The lowest BCUT2D eigenvalue weighted by atomic mass is 10.3. The molecule has 0 saturated carbocycles. The predicted octanol–water partition coefficient (Wildman–Crippen LogP) is 1.48. The van der Waals surface area contributed by atoms with E-state index < -0.39 is 0 Å². The zero-order chi connectivity index (χ0) is 10.7. The van der Waals surface area contributed by atoms with E-state index in [4.69, 9.17) is 0 Å². The van der Waals surface area contributed by atoms with Crippen LogP contribution in [0.5, 0.6) is 0 Å². The first kappa shape index (κ1) is 11.5. The van der Waals surface area contributed by atoms with Gasteiger partial charge in [0, 0.05) is 19.3 Å². The third-order valence-corrected chi connectivity index (χ3v) is 2.54. The number of aromatic nitrogens is 1. The van der Waals surface area contributed by atoms with Gasteiger partial charge in [0.15, 0.2) is 0 Å². The lowest BCUT2D eigenvalue weighted by Crippen LogP contribution is -2.26. The first-order chi connectivity index (χ1) is 6.50. The van der Waals surface area contributed by atoms with E-state index in [2.05, 4.69) is 20.8 Å². The molecule has 1 heterocycles.